The summed E-state index contributed by atoms with van der Waals surface area (Å²) in [6.45, 7) is 1.91. The molecule has 1 unspecified atom stereocenters. The molecule has 3 aromatic carbocycles. The van der Waals surface area contributed by atoms with Crippen LogP contribution in [0.15, 0.2) is 126 Å². The van der Waals surface area contributed by atoms with Crippen molar-refractivity contribution in [1.29, 1.82) is 0 Å². The molecule has 210 valence electrons. The number of halogens is 1. The van der Waals surface area contributed by atoms with Gasteiger partial charge in [0.1, 0.15) is 18.1 Å². The largest absolute Gasteiger partial charge is 0.457 e. The minimum absolute atomic E-state index is 0.123. The highest BCUT2D eigenvalue weighted by Gasteiger charge is 2.33. The van der Waals surface area contributed by atoms with Crippen molar-refractivity contribution in [1.82, 2.24) is 4.57 Å². The van der Waals surface area contributed by atoms with Gasteiger partial charge in [-0.2, -0.15) is 0 Å². The zero-order chi connectivity index (χ0) is 29.2. The average Bonchev–Trinajstić information content (AvgIpc) is 3.60. The molecule has 0 saturated heterocycles. The second-order valence-electron chi connectivity index (χ2n) is 9.63. The fourth-order valence-corrected chi connectivity index (χ4v) is 6.51. The minimum atomic E-state index is -0.683. The van der Waals surface area contributed by atoms with Gasteiger partial charge in [0.05, 0.1) is 21.8 Å². The molecule has 6 nitrogen and oxygen atoms in total. The number of rotatable bonds is 7. The molecular formula is C33H25BrN2O4S2. The van der Waals surface area contributed by atoms with E-state index in [0.717, 1.165) is 26.1 Å². The molecule has 0 N–H and O–H groups in total. The van der Waals surface area contributed by atoms with Gasteiger partial charge in [-0.05, 0) is 60.7 Å². The molecule has 1 aliphatic rings. The molecule has 42 heavy (non-hydrogen) atoms. The van der Waals surface area contributed by atoms with Crippen LogP contribution in [-0.2, 0) is 16.1 Å². The number of nitrogens with zero attached hydrogens (tertiary/aromatic N) is 2. The summed E-state index contributed by atoms with van der Waals surface area (Å²) in [5, 5.41) is 0. The van der Waals surface area contributed by atoms with E-state index in [1.165, 1.54) is 11.3 Å². The monoisotopic (exact) mass is 656 g/mol. The summed E-state index contributed by atoms with van der Waals surface area (Å²) in [6, 6.07) is 28.3. The molecule has 1 aliphatic heterocycles. The number of hydrogen-bond acceptors (Lipinski definition) is 7. The Morgan fingerprint density at radius 2 is 1.79 bits per heavy atom. The van der Waals surface area contributed by atoms with Crippen molar-refractivity contribution in [2.45, 2.75) is 24.5 Å². The van der Waals surface area contributed by atoms with E-state index in [2.05, 4.69) is 15.9 Å². The predicted molar refractivity (Wildman–Crippen MR) is 170 cm³/mol. The maximum atomic E-state index is 13.9. The highest BCUT2D eigenvalue weighted by atomic mass is 79.9. The Balaban J connectivity index is 1.41. The fourth-order valence-electron chi connectivity index (χ4n) is 4.81. The van der Waals surface area contributed by atoms with Crippen LogP contribution in [0.1, 0.15) is 29.9 Å². The van der Waals surface area contributed by atoms with Gasteiger partial charge >= 0.3 is 5.97 Å². The van der Waals surface area contributed by atoms with E-state index < -0.39 is 12.0 Å². The van der Waals surface area contributed by atoms with Crippen LogP contribution >= 0.6 is 39.0 Å². The van der Waals surface area contributed by atoms with Crippen molar-refractivity contribution in [2.75, 3.05) is 6.26 Å². The molecule has 0 spiro atoms. The Morgan fingerprint density at radius 1 is 1.05 bits per heavy atom. The van der Waals surface area contributed by atoms with E-state index in [4.69, 9.17) is 14.1 Å². The smallest absolute Gasteiger partial charge is 0.338 e. The van der Waals surface area contributed by atoms with E-state index in [-0.39, 0.29) is 12.2 Å². The van der Waals surface area contributed by atoms with Crippen molar-refractivity contribution in [2.24, 2.45) is 4.99 Å². The molecule has 0 saturated carbocycles. The predicted octanol–water partition coefficient (Wildman–Crippen LogP) is 6.72. The summed E-state index contributed by atoms with van der Waals surface area (Å²) in [6.07, 6.45) is 3.73. The van der Waals surface area contributed by atoms with Crippen LogP contribution in [0.25, 0.3) is 17.4 Å². The Hall–Kier alpha value is -3.92. The van der Waals surface area contributed by atoms with Gasteiger partial charge in [0.25, 0.3) is 5.56 Å². The summed E-state index contributed by atoms with van der Waals surface area (Å²) in [4.78, 5) is 33.8. The number of aromatic nitrogens is 1. The standard InChI is InChI=1S/C33H25BrN2O4S2/c1-20-29(32(38)39-19-21-6-4-3-5-7-21)30(23-10-15-26(41-2)16-11-23)36-31(37)28(42-33(36)35-20)18-25-14-17-27(40-25)22-8-12-24(34)13-9-22/h3-18,30H,19H2,1-2H3. The molecule has 2 aromatic heterocycles. The van der Waals surface area contributed by atoms with Crippen LogP contribution in [0.5, 0.6) is 0 Å². The first-order valence-corrected chi connectivity index (χ1v) is 16.0. The molecular weight excluding hydrogens is 632 g/mol. The first-order chi connectivity index (χ1) is 20.4. The topological polar surface area (TPSA) is 73.8 Å². The minimum Gasteiger partial charge on any atom is -0.457 e. The number of hydrogen-bond donors (Lipinski definition) is 0. The molecule has 1 atom stereocenters. The highest BCUT2D eigenvalue weighted by Crippen LogP contribution is 2.32. The van der Waals surface area contributed by atoms with Gasteiger partial charge in [-0.3, -0.25) is 9.36 Å². The van der Waals surface area contributed by atoms with Crippen molar-refractivity contribution < 1.29 is 13.9 Å². The number of carbonyl (C=O) groups excluding carboxylic acids is 1. The Labute approximate surface area is 258 Å². The van der Waals surface area contributed by atoms with Gasteiger partial charge in [-0.15, -0.1) is 11.8 Å². The second-order valence-corrected chi connectivity index (χ2v) is 12.4. The van der Waals surface area contributed by atoms with Crippen LogP contribution in [0.3, 0.4) is 0 Å². The normalized spacial score (nSPS) is 14.9. The molecule has 9 heteroatoms. The Morgan fingerprint density at radius 3 is 2.50 bits per heavy atom. The maximum absolute atomic E-state index is 13.9. The van der Waals surface area contributed by atoms with Gasteiger partial charge in [0.15, 0.2) is 4.80 Å². The van der Waals surface area contributed by atoms with Crippen LogP contribution < -0.4 is 14.9 Å². The maximum Gasteiger partial charge on any atom is 0.338 e. The van der Waals surface area contributed by atoms with Gasteiger partial charge in [0.2, 0.25) is 0 Å². The number of fused-ring (bicyclic) bond motifs is 1. The number of thioether (sulfide) groups is 1. The van der Waals surface area contributed by atoms with Gasteiger partial charge < -0.3 is 9.15 Å². The summed E-state index contributed by atoms with van der Waals surface area (Å²) in [5.41, 5.74) is 3.23. The molecule has 0 radical (unpaired) electrons. The highest BCUT2D eigenvalue weighted by molar-refractivity contribution is 9.10. The van der Waals surface area contributed by atoms with Crippen LogP contribution in [0, 0.1) is 0 Å². The molecule has 5 aromatic rings. The average molecular weight is 658 g/mol. The Kier molecular flexibility index (Phi) is 8.15. The molecule has 6 rings (SSSR count). The number of carbonyl (C=O) groups is 1. The van der Waals surface area contributed by atoms with E-state index in [1.807, 2.05) is 97.3 Å². The zero-order valence-electron chi connectivity index (χ0n) is 22.7. The summed E-state index contributed by atoms with van der Waals surface area (Å²) >= 11 is 6.35. The number of benzene rings is 3. The molecule has 3 heterocycles. The number of ether oxygens (including phenoxy) is 1. The van der Waals surface area contributed by atoms with Gasteiger partial charge in [0, 0.05) is 21.0 Å². The quantitative estimate of drug-likeness (QED) is 0.144. The van der Waals surface area contributed by atoms with Crippen molar-refractivity contribution in [3.63, 3.8) is 0 Å². The zero-order valence-corrected chi connectivity index (χ0v) is 26.0. The number of esters is 1. The molecule has 0 amide bonds. The number of thiazole rings is 1. The molecule has 0 bridgehead atoms. The van der Waals surface area contributed by atoms with E-state index in [9.17, 15) is 9.59 Å². The summed E-state index contributed by atoms with van der Waals surface area (Å²) in [5.74, 6) is 0.753. The van der Waals surface area contributed by atoms with E-state index in [0.29, 0.717) is 32.1 Å². The number of furan rings is 1. The van der Waals surface area contributed by atoms with Crippen LogP contribution in [0.4, 0.5) is 0 Å². The summed E-state index contributed by atoms with van der Waals surface area (Å²) < 4.78 is 14.8. The van der Waals surface area contributed by atoms with Crippen LogP contribution in [0.2, 0.25) is 0 Å². The Bertz CT molecular complexity index is 1970. The lowest BCUT2D eigenvalue weighted by Crippen LogP contribution is -2.39. The number of allylic oxidation sites excluding steroid dienone is 1. The molecule has 0 fully saturated rings. The first-order valence-electron chi connectivity index (χ1n) is 13.1. The lowest BCUT2D eigenvalue weighted by molar-refractivity contribution is -0.140. The third-order valence-corrected chi connectivity index (χ3v) is 9.17. The van der Waals surface area contributed by atoms with Crippen molar-refractivity contribution in [3.8, 4) is 11.3 Å². The molecule has 0 aliphatic carbocycles. The third kappa shape index (κ3) is 5.72. The lowest BCUT2D eigenvalue weighted by Gasteiger charge is -2.25. The SMILES string of the molecule is CSc1ccc(C2C(C(=O)OCc3ccccc3)=C(C)N=c3sc(=Cc4ccc(-c5ccc(Br)cc5)o4)c(=O)n32)cc1. The van der Waals surface area contributed by atoms with E-state index in [1.54, 1.807) is 29.3 Å². The summed E-state index contributed by atoms with van der Waals surface area (Å²) in [7, 11) is 0. The van der Waals surface area contributed by atoms with Crippen molar-refractivity contribution in [3.05, 3.63) is 143 Å². The van der Waals surface area contributed by atoms with E-state index >= 15 is 0 Å². The fraction of sp³-hybridized carbons (Fsp3) is 0.121. The third-order valence-electron chi connectivity index (χ3n) is 6.91. The first kappa shape index (κ1) is 28.2. The van der Waals surface area contributed by atoms with Gasteiger partial charge in [-0.1, -0.05) is 81.9 Å². The van der Waals surface area contributed by atoms with Crippen LogP contribution in [-0.4, -0.2) is 16.8 Å². The lowest BCUT2D eigenvalue weighted by atomic mass is 9.96. The van der Waals surface area contributed by atoms with Gasteiger partial charge in [-0.25, -0.2) is 9.79 Å². The second kappa shape index (κ2) is 12.1. The van der Waals surface area contributed by atoms with Crippen molar-refractivity contribution >= 4 is 51.1 Å².